The Labute approximate surface area is 254 Å². The Bertz CT molecular complexity index is 1180. The van der Waals surface area contributed by atoms with Gasteiger partial charge in [-0.25, -0.2) is 0 Å². The van der Waals surface area contributed by atoms with Gasteiger partial charge in [0.15, 0.2) is 0 Å². The molecule has 0 N–H and O–H groups in total. The van der Waals surface area contributed by atoms with Gasteiger partial charge in [0.1, 0.15) is 0 Å². The zero-order chi connectivity index (χ0) is 25.8. The molecule has 0 spiro atoms. The average molecular weight is 603 g/mol. The number of rotatable bonds is 6. The monoisotopic (exact) mass is 602 g/mol. The van der Waals surface area contributed by atoms with Gasteiger partial charge in [-0.1, -0.05) is 190 Å². The maximum Gasteiger partial charge on any atom is 0 e. The van der Waals surface area contributed by atoms with Gasteiger partial charge >= 0.3 is 0 Å². The fourth-order valence-corrected chi connectivity index (χ4v) is 8.97. The first-order valence-electron chi connectivity index (χ1n) is 12.8. The zero-order valence-electron chi connectivity index (χ0n) is 21.5. The molecule has 40 heavy (non-hydrogen) atoms. The Kier molecular flexibility index (Phi) is 13.1. The van der Waals surface area contributed by atoms with Crippen molar-refractivity contribution in [2.24, 2.45) is 0 Å². The number of benzene rings is 6. The zero-order valence-corrected chi connectivity index (χ0v) is 24.2. The van der Waals surface area contributed by atoms with Crippen molar-refractivity contribution in [3.63, 3.8) is 0 Å². The van der Waals surface area contributed by atoms with Gasteiger partial charge in [0.2, 0.25) is 0 Å². The summed E-state index contributed by atoms with van der Waals surface area (Å²) in [5, 5.41) is 8.39. The molecule has 6 rings (SSSR count). The smallest absolute Gasteiger partial charge is 0 e. The molecule has 0 saturated carbocycles. The molecule has 0 nitrogen and oxygen atoms in total. The molecule has 0 heterocycles. The molecular formula is C36H34BCuP2-. The maximum atomic E-state index is 2.23. The predicted octanol–water partition coefficient (Wildman–Crippen LogP) is 5.44. The van der Waals surface area contributed by atoms with E-state index in [1.165, 1.54) is 31.8 Å². The summed E-state index contributed by atoms with van der Waals surface area (Å²) >= 11 is 0. The molecule has 203 valence electrons. The van der Waals surface area contributed by atoms with Gasteiger partial charge in [-0.05, 0) is 47.7 Å². The van der Waals surface area contributed by atoms with Crippen LogP contribution in [0.1, 0.15) is 0 Å². The van der Waals surface area contributed by atoms with Crippen LogP contribution in [0, 0.1) is 0 Å². The summed E-state index contributed by atoms with van der Waals surface area (Å²) in [6.07, 6.45) is 0. The molecule has 0 aliphatic rings. The van der Waals surface area contributed by atoms with Crippen molar-refractivity contribution in [3.05, 3.63) is 182 Å². The van der Waals surface area contributed by atoms with E-state index in [9.17, 15) is 0 Å². The Morgan fingerprint density at radius 3 is 0.475 bits per heavy atom. The fourth-order valence-electron chi connectivity index (χ4n) is 4.36. The van der Waals surface area contributed by atoms with Crippen molar-refractivity contribution in [2.45, 2.75) is 0 Å². The van der Waals surface area contributed by atoms with Crippen LogP contribution < -0.4 is 31.8 Å². The van der Waals surface area contributed by atoms with E-state index in [4.69, 9.17) is 0 Å². The SMILES string of the molecule is [BH4-].[Cu].c1ccc(P(c2ccccc2)c2ccccc2)cc1.c1ccc(P(c2ccccc2)c2ccccc2)cc1. The van der Waals surface area contributed by atoms with Crippen molar-refractivity contribution >= 4 is 56.1 Å². The van der Waals surface area contributed by atoms with Crippen LogP contribution in [0.15, 0.2) is 182 Å². The van der Waals surface area contributed by atoms with Gasteiger partial charge in [0.05, 0.1) is 0 Å². The van der Waals surface area contributed by atoms with Crippen molar-refractivity contribution in [1.82, 2.24) is 0 Å². The first-order valence-corrected chi connectivity index (χ1v) is 15.5. The van der Waals surface area contributed by atoms with Gasteiger partial charge < -0.3 is 0 Å². The van der Waals surface area contributed by atoms with Crippen molar-refractivity contribution in [3.8, 4) is 0 Å². The maximum absolute atomic E-state index is 2.23. The molecule has 0 bridgehead atoms. The van der Waals surface area contributed by atoms with E-state index < -0.39 is 15.8 Å². The summed E-state index contributed by atoms with van der Waals surface area (Å²) in [5.74, 6) is 0. The molecule has 0 aromatic heterocycles. The van der Waals surface area contributed by atoms with E-state index in [0.717, 1.165) is 0 Å². The minimum absolute atomic E-state index is 0. The van der Waals surface area contributed by atoms with Gasteiger partial charge in [0.25, 0.3) is 0 Å². The molecule has 0 aliphatic carbocycles. The van der Waals surface area contributed by atoms with Crippen LogP contribution in [0.4, 0.5) is 0 Å². The van der Waals surface area contributed by atoms with Crippen LogP contribution in [0.3, 0.4) is 0 Å². The Hall–Kier alpha value is -3.24. The second-order valence-electron chi connectivity index (χ2n) is 8.68. The van der Waals surface area contributed by atoms with Crippen LogP contribution in [0.2, 0.25) is 0 Å². The fraction of sp³-hybridized carbons (Fsp3) is 0. The van der Waals surface area contributed by atoms with Crippen LogP contribution in [0.25, 0.3) is 0 Å². The first kappa shape index (κ1) is 31.3. The molecule has 4 heteroatoms. The summed E-state index contributed by atoms with van der Waals surface area (Å²) < 4.78 is 0. The van der Waals surface area contributed by atoms with Crippen LogP contribution in [-0.4, -0.2) is 8.41 Å². The van der Waals surface area contributed by atoms with Crippen LogP contribution in [-0.2, 0) is 17.1 Å². The van der Waals surface area contributed by atoms with Crippen molar-refractivity contribution < 1.29 is 17.1 Å². The van der Waals surface area contributed by atoms with E-state index in [1.807, 2.05) is 0 Å². The second kappa shape index (κ2) is 16.8. The predicted molar refractivity (Wildman–Crippen MR) is 182 cm³/mol. The van der Waals surface area contributed by atoms with Gasteiger partial charge in [-0.3, -0.25) is 0 Å². The van der Waals surface area contributed by atoms with Crippen LogP contribution in [0.5, 0.6) is 0 Å². The van der Waals surface area contributed by atoms with E-state index in [2.05, 4.69) is 182 Å². The molecule has 0 amide bonds. The third-order valence-electron chi connectivity index (χ3n) is 6.09. The Morgan fingerprint density at radius 2 is 0.350 bits per heavy atom. The van der Waals surface area contributed by atoms with E-state index in [-0.39, 0.29) is 25.5 Å². The first-order chi connectivity index (χ1) is 18.9. The third-order valence-corrected chi connectivity index (χ3v) is 11.0. The van der Waals surface area contributed by atoms with Gasteiger partial charge in [-0.2, -0.15) is 0 Å². The molecular weight excluding hydrogens is 569 g/mol. The summed E-state index contributed by atoms with van der Waals surface area (Å²) in [7, 11) is -0.892. The van der Waals surface area contributed by atoms with Crippen molar-refractivity contribution in [2.75, 3.05) is 0 Å². The van der Waals surface area contributed by atoms with Crippen molar-refractivity contribution in [1.29, 1.82) is 0 Å². The molecule has 0 unspecified atom stereocenters. The van der Waals surface area contributed by atoms with E-state index >= 15 is 0 Å². The summed E-state index contributed by atoms with van der Waals surface area (Å²) in [6, 6.07) is 64.7. The molecule has 1 radical (unpaired) electrons. The normalized spacial score (nSPS) is 10.1. The molecule has 6 aromatic rings. The van der Waals surface area contributed by atoms with E-state index in [1.54, 1.807) is 0 Å². The largest absolute Gasteiger partial charge is 0.0626 e. The molecule has 0 saturated heterocycles. The number of hydrogen-bond acceptors (Lipinski definition) is 0. The Morgan fingerprint density at radius 1 is 0.225 bits per heavy atom. The Balaban J connectivity index is 0.000000210. The quantitative estimate of drug-likeness (QED) is 0.176. The topological polar surface area (TPSA) is 0 Å². The minimum atomic E-state index is -0.446. The van der Waals surface area contributed by atoms with Gasteiger partial charge in [0, 0.05) is 17.1 Å². The summed E-state index contributed by atoms with van der Waals surface area (Å²) in [6.45, 7) is 0. The third kappa shape index (κ3) is 8.38. The summed E-state index contributed by atoms with van der Waals surface area (Å²) in [5.41, 5.74) is 0. The standard InChI is InChI=1S/2C18H15P.BH4.Cu/c2*1-4-10-16(11-5-1)19(17-12-6-2-7-13-17)18-14-8-3-9-15-18;;/h2*1-15H;1H4;/q;;-1;. The van der Waals surface area contributed by atoms with E-state index in [0.29, 0.717) is 0 Å². The van der Waals surface area contributed by atoms with Gasteiger partial charge in [-0.15, -0.1) is 0 Å². The minimum Gasteiger partial charge on any atom is -0.0626 e. The average Bonchev–Trinajstić information content (AvgIpc) is 3.01. The molecule has 0 aliphatic heterocycles. The summed E-state index contributed by atoms with van der Waals surface area (Å²) in [4.78, 5) is 0. The second-order valence-corrected chi connectivity index (χ2v) is 13.1. The molecule has 6 aromatic carbocycles. The number of hydrogen-bond donors (Lipinski definition) is 0. The molecule has 0 atom stereocenters. The van der Waals surface area contributed by atoms with Crippen LogP contribution >= 0.6 is 15.8 Å². The molecule has 0 fully saturated rings.